The van der Waals surface area contributed by atoms with Crippen molar-refractivity contribution in [2.45, 2.75) is 25.8 Å². The maximum Gasteiger partial charge on any atom is 0.220 e. The van der Waals surface area contributed by atoms with Gasteiger partial charge in [0, 0.05) is 43.9 Å². The first-order valence-corrected chi connectivity index (χ1v) is 8.23. The molecule has 0 aliphatic carbocycles. The number of rotatable bonds is 6. The summed E-state index contributed by atoms with van der Waals surface area (Å²) in [5, 5.41) is 2.95. The molecule has 1 unspecified atom stereocenters. The van der Waals surface area contributed by atoms with E-state index < -0.39 is 0 Å². The van der Waals surface area contributed by atoms with Crippen LogP contribution in [0.4, 0.5) is 10.1 Å². The molecule has 3 N–H and O–H groups in total. The van der Waals surface area contributed by atoms with Crippen LogP contribution in [0.2, 0.25) is 0 Å². The van der Waals surface area contributed by atoms with Crippen molar-refractivity contribution in [2.75, 3.05) is 44.7 Å². The fourth-order valence-electron chi connectivity index (χ4n) is 2.86. The highest BCUT2D eigenvalue weighted by Gasteiger charge is 2.21. The van der Waals surface area contributed by atoms with Gasteiger partial charge in [0.1, 0.15) is 5.82 Å². The Morgan fingerprint density at radius 2 is 1.85 bits per heavy atom. The second-order valence-electron chi connectivity index (χ2n) is 6.17. The standard InChI is InChI=1S/C17H27FN4O.3ClH/c1-13(20-17(23)4-3-7-19)15-12-14(18)5-6-16(15)22-10-8-21(2)9-11-22;;;/h5-6,12-13H,3-4,7-11,19H2,1-2H3,(H,20,23);3*1H. The number of piperazine rings is 1. The van der Waals surface area contributed by atoms with Gasteiger partial charge in [0.05, 0.1) is 6.04 Å². The molecule has 152 valence electrons. The fraction of sp³-hybridized carbons (Fsp3) is 0.588. The van der Waals surface area contributed by atoms with Crippen molar-refractivity contribution < 1.29 is 9.18 Å². The van der Waals surface area contributed by atoms with Crippen LogP contribution in [-0.4, -0.2) is 50.6 Å². The summed E-state index contributed by atoms with van der Waals surface area (Å²) in [5.41, 5.74) is 7.27. The van der Waals surface area contributed by atoms with E-state index in [-0.39, 0.29) is 55.0 Å². The van der Waals surface area contributed by atoms with E-state index in [1.54, 1.807) is 0 Å². The van der Waals surface area contributed by atoms with E-state index in [0.29, 0.717) is 19.4 Å². The van der Waals surface area contributed by atoms with Crippen LogP contribution in [0.25, 0.3) is 0 Å². The molecule has 1 amide bonds. The third-order valence-electron chi connectivity index (χ3n) is 4.29. The summed E-state index contributed by atoms with van der Waals surface area (Å²) in [6.07, 6.45) is 1.06. The maximum absolute atomic E-state index is 13.7. The number of nitrogens with one attached hydrogen (secondary N) is 1. The largest absolute Gasteiger partial charge is 0.369 e. The lowest BCUT2D eigenvalue weighted by molar-refractivity contribution is -0.121. The zero-order valence-electron chi connectivity index (χ0n) is 15.2. The van der Waals surface area contributed by atoms with Gasteiger partial charge in [0.2, 0.25) is 5.91 Å². The fourth-order valence-corrected chi connectivity index (χ4v) is 2.86. The molecule has 1 aromatic carbocycles. The van der Waals surface area contributed by atoms with E-state index in [1.165, 1.54) is 12.1 Å². The van der Waals surface area contributed by atoms with Gasteiger partial charge in [-0.15, -0.1) is 37.2 Å². The van der Waals surface area contributed by atoms with E-state index in [9.17, 15) is 9.18 Å². The summed E-state index contributed by atoms with van der Waals surface area (Å²) in [7, 11) is 2.10. The van der Waals surface area contributed by atoms with Gasteiger partial charge in [-0.25, -0.2) is 4.39 Å². The van der Waals surface area contributed by atoms with Crippen LogP contribution in [0.15, 0.2) is 18.2 Å². The highest BCUT2D eigenvalue weighted by Crippen LogP contribution is 2.28. The summed E-state index contributed by atoms with van der Waals surface area (Å²) in [4.78, 5) is 16.5. The molecule has 0 bridgehead atoms. The molecular weight excluding hydrogens is 402 g/mol. The van der Waals surface area contributed by atoms with Crippen molar-refractivity contribution in [1.29, 1.82) is 0 Å². The molecule has 2 rings (SSSR count). The number of nitrogens with two attached hydrogens (primary N) is 1. The second kappa shape index (κ2) is 13.4. The molecule has 1 atom stereocenters. The number of hydrogen-bond donors (Lipinski definition) is 2. The highest BCUT2D eigenvalue weighted by atomic mass is 35.5. The number of amides is 1. The molecule has 0 saturated carbocycles. The van der Waals surface area contributed by atoms with Gasteiger partial charge in [0.15, 0.2) is 0 Å². The first-order valence-electron chi connectivity index (χ1n) is 8.23. The van der Waals surface area contributed by atoms with Crippen LogP contribution in [0.5, 0.6) is 0 Å². The number of anilines is 1. The van der Waals surface area contributed by atoms with Gasteiger partial charge in [-0.1, -0.05) is 0 Å². The molecule has 1 heterocycles. The molecule has 0 aromatic heterocycles. The number of benzene rings is 1. The van der Waals surface area contributed by atoms with Gasteiger partial charge >= 0.3 is 0 Å². The van der Waals surface area contributed by atoms with Gasteiger partial charge in [-0.2, -0.15) is 0 Å². The van der Waals surface area contributed by atoms with Gasteiger partial charge in [-0.3, -0.25) is 4.79 Å². The first-order chi connectivity index (χ1) is 11.0. The lowest BCUT2D eigenvalue weighted by atomic mass is 10.0. The minimum atomic E-state index is -0.277. The summed E-state index contributed by atoms with van der Waals surface area (Å²) in [5.74, 6) is -0.322. The Morgan fingerprint density at radius 1 is 1.23 bits per heavy atom. The van der Waals surface area contributed by atoms with E-state index in [2.05, 4.69) is 22.2 Å². The van der Waals surface area contributed by atoms with Crippen LogP contribution >= 0.6 is 37.2 Å². The van der Waals surface area contributed by atoms with Crippen molar-refractivity contribution in [2.24, 2.45) is 5.73 Å². The normalized spacial score (nSPS) is 15.2. The molecule has 1 saturated heterocycles. The van der Waals surface area contributed by atoms with Crippen molar-refractivity contribution in [3.63, 3.8) is 0 Å². The molecule has 1 aliphatic rings. The van der Waals surface area contributed by atoms with Crippen molar-refractivity contribution in [3.05, 3.63) is 29.6 Å². The number of likely N-dealkylation sites (N-methyl/N-ethyl adjacent to an activating group) is 1. The third kappa shape index (κ3) is 7.84. The Labute approximate surface area is 174 Å². The Kier molecular flexibility index (Phi) is 14.1. The number of nitrogens with zero attached hydrogens (tertiary/aromatic N) is 2. The van der Waals surface area contributed by atoms with Crippen LogP contribution < -0.4 is 16.0 Å². The highest BCUT2D eigenvalue weighted by molar-refractivity contribution is 5.86. The van der Waals surface area contributed by atoms with Crippen LogP contribution in [-0.2, 0) is 4.79 Å². The van der Waals surface area contributed by atoms with E-state index >= 15 is 0 Å². The predicted octanol–water partition coefficient (Wildman–Crippen LogP) is 2.76. The Morgan fingerprint density at radius 3 is 2.42 bits per heavy atom. The van der Waals surface area contributed by atoms with Gasteiger partial charge < -0.3 is 20.9 Å². The third-order valence-corrected chi connectivity index (χ3v) is 4.29. The smallest absolute Gasteiger partial charge is 0.220 e. The molecule has 0 spiro atoms. The lowest BCUT2D eigenvalue weighted by Gasteiger charge is -2.36. The number of hydrogen-bond acceptors (Lipinski definition) is 4. The lowest BCUT2D eigenvalue weighted by Crippen LogP contribution is -2.45. The quantitative estimate of drug-likeness (QED) is 0.727. The van der Waals surface area contributed by atoms with Crippen LogP contribution in [0.3, 0.4) is 0 Å². The predicted molar refractivity (Wildman–Crippen MR) is 113 cm³/mol. The summed E-state index contributed by atoms with van der Waals surface area (Å²) in [6, 6.07) is 4.60. The average Bonchev–Trinajstić information content (AvgIpc) is 2.53. The summed E-state index contributed by atoms with van der Waals surface area (Å²) >= 11 is 0. The van der Waals surface area contributed by atoms with Gasteiger partial charge in [-0.05, 0) is 45.1 Å². The molecule has 0 radical (unpaired) electrons. The topological polar surface area (TPSA) is 61.6 Å². The summed E-state index contributed by atoms with van der Waals surface area (Å²) in [6.45, 7) is 6.16. The van der Waals surface area contributed by atoms with Crippen molar-refractivity contribution in [3.8, 4) is 0 Å². The van der Waals surface area contributed by atoms with Crippen LogP contribution in [0, 0.1) is 5.82 Å². The van der Waals surface area contributed by atoms with E-state index in [1.807, 2.05) is 13.0 Å². The molecule has 26 heavy (non-hydrogen) atoms. The first kappa shape index (κ1) is 27.4. The molecular formula is C17H30Cl3FN4O. The molecule has 5 nitrogen and oxygen atoms in total. The average molecular weight is 432 g/mol. The molecule has 9 heteroatoms. The van der Waals surface area contributed by atoms with Gasteiger partial charge in [0.25, 0.3) is 0 Å². The minimum absolute atomic E-state index is 0. The number of carbonyl (C=O) groups excluding carboxylic acids is 1. The Bertz CT molecular complexity index is 543. The van der Waals surface area contributed by atoms with Crippen molar-refractivity contribution >= 4 is 48.8 Å². The minimum Gasteiger partial charge on any atom is -0.369 e. The van der Waals surface area contributed by atoms with Crippen LogP contribution in [0.1, 0.15) is 31.4 Å². The monoisotopic (exact) mass is 430 g/mol. The maximum atomic E-state index is 13.7. The Balaban J connectivity index is 0. The second-order valence-corrected chi connectivity index (χ2v) is 6.17. The van der Waals surface area contributed by atoms with Crippen molar-refractivity contribution in [1.82, 2.24) is 10.2 Å². The summed E-state index contributed by atoms with van der Waals surface area (Å²) < 4.78 is 13.7. The van der Waals surface area contributed by atoms with E-state index in [0.717, 1.165) is 37.4 Å². The Hall–Kier alpha value is -0.790. The molecule has 1 aromatic rings. The molecule has 1 fully saturated rings. The zero-order chi connectivity index (χ0) is 16.8. The SMILES string of the molecule is CC(NC(=O)CCCN)c1cc(F)ccc1N1CCN(C)CC1.Cl.Cl.Cl. The zero-order valence-corrected chi connectivity index (χ0v) is 17.7. The van der Waals surface area contributed by atoms with E-state index in [4.69, 9.17) is 5.73 Å². The number of carbonyl (C=O) groups is 1. The number of halogens is 4. The molecule has 1 aliphatic heterocycles.